The van der Waals surface area contributed by atoms with Crippen LogP contribution in [0.1, 0.15) is 27.6 Å². The van der Waals surface area contributed by atoms with Crippen LogP contribution in [-0.2, 0) is 0 Å². The van der Waals surface area contributed by atoms with Crippen LogP contribution >= 0.6 is 0 Å². The molecule has 0 bridgehead atoms. The molecule has 1 aromatic carbocycles. The van der Waals surface area contributed by atoms with E-state index in [0.29, 0.717) is 37.6 Å². The summed E-state index contributed by atoms with van der Waals surface area (Å²) in [6, 6.07) is 9.34. The first-order valence-electron chi connectivity index (χ1n) is 9.23. The third kappa shape index (κ3) is 3.55. The van der Waals surface area contributed by atoms with Gasteiger partial charge >= 0.3 is 0 Å². The number of tetrazole rings is 1. The van der Waals surface area contributed by atoms with Crippen LogP contribution in [0.15, 0.2) is 30.3 Å². The van der Waals surface area contributed by atoms with Gasteiger partial charge in [0.25, 0.3) is 5.91 Å². The summed E-state index contributed by atoms with van der Waals surface area (Å²) in [5, 5.41) is 11.5. The summed E-state index contributed by atoms with van der Waals surface area (Å²) in [5.74, 6) is 1.42. The van der Waals surface area contributed by atoms with Crippen molar-refractivity contribution in [3.8, 4) is 5.69 Å². The highest BCUT2D eigenvalue weighted by molar-refractivity contribution is 5.95. The molecular weight excluding hydrogens is 356 g/mol. The Kier molecular flexibility index (Phi) is 4.72. The number of amides is 1. The average molecular weight is 378 g/mol. The smallest absolute Gasteiger partial charge is 0.254 e. The number of benzene rings is 1. The van der Waals surface area contributed by atoms with Gasteiger partial charge in [0.15, 0.2) is 5.82 Å². The zero-order chi connectivity index (χ0) is 19.7. The number of carbonyl (C=O) groups is 1. The number of aromatic nitrogens is 6. The molecule has 1 fully saturated rings. The van der Waals surface area contributed by atoms with E-state index in [2.05, 4.69) is 30.4 Å². The molecule has 2 aromatic heterocycles. The largest absolute Gasteiger partial charge is 0.337 e. The number of hydrogen-bond acceptors (Lipinski definition) is 7. The summed E-state index contributed by atoms with van der Waals surface area (Å²) in [7, 11) is 0. The molecule has 9 heteroatoms. The lowest BCUT2D eigenvalue weighted by molar-refractivity contribution is 0.0746. The number of carbonyl (C=O) groups excluding carboxylic acids is 1. The van der Waals surface area contributed by atoms with Crippen LogP contribution in [0.3, 0.4) is 0 Å². The predicted molar refractivity (Wildman–Crippen MR) is 104 cm³/mol. The van der Waals surface area contributed by atoms with Crippen LogP contribution in [0, 0.1) is 20.8 Å². The minimum absolute atomic E-state index is 0.00793. The van der Waals surface area contributed by atoms with E-state index in [1.54, 1.807) is 4.68 Å². The van der Waals surface area contributed by atoms with E-state index in [-0.39, 0.29) is 5.91 Å². The number of nitrogens with zero attached hydrogens (tertiary/aromatic N) is 8. The molecule has 3 aromatic rings. The second kappa shape index (κ2) is 7.34. The van der Waals surface area contributed by atoms with Crippen molar-refractivity contribution in [3.63, 3.8) is 0 Å². The van der Waals surface area contributed by atoms with Crippen molar-refractivity contribution in [1.29, 1.82) is 0 Å². The second-order valence-corrected chi connectivity index (χ2v) is 6.92. The van der Waals surface area contributed by atoms with Crippen LogP contribution in [0.25, 0.3) is 5.69 Å². The molecule has 28 heavy (non-hydrogen) atoms. The average Bonchev–Trinajstić information content (AvgIpc) is 3.13. The third-order valence-corrected chi connectivity index (χ3v) is 4.78. The molecule has 1 saturated heterocycles. The number of rotatable bonds is 3. The van der Waals surface area contributed by atoms with Crippen molar-refractivity contribution in [2.24, 2.45) is 0 Å². The Hall–Kier alpha value is -3.36. The summed E-state index contributed by atoms with van der Waals surface area (Å²) < 4.78 is 1.62. The molecule has 9 nitrogen and oxygen atoms in total. The van der Waals surface area contributed by atoms with Gasteiger partial charge in [0.1, 0.15) is 0 Å². The molecule has 0 atom stereocenters. The highest BCUT2D eigenvalue weighted by Crippen LogP contribution is 2.16. The molecule has 1 aliphatic rings. The minimum Gasteiger partial charge on any atom is -0.337 e. The van der Waals surface area contributed by atoms with Gasteiger partial charge in [0.05, 0.1) is 5.69 Å². The van der Waals surface area contributed by atoms with Crippen LogP contribution in [0.2, 0.25) is 0 Å². The summed E-state index contributed by atoms with van der Waals surface area (Å²) in [6.45, 7) is 8.44. The quantitative estimate of drug-likeness (QED) is 0.679. The first-order chi connectivity index (χ1) is 13.5. The molecule has 0 spiro atoms. The summed E-state index contributed by atoms with van der Waals surface area (Å²) in [5.41, 5.74) is 3.31. The lowest BCUT2D eigenvalue weighted by atomic mass is 10.1. The van der Waals surface area contributed by atoms with Gasteiger partial charge in [0.2, 0.25) is 5.95 Å². The van der Waals surface area contributed by atoms with Crippen LogP contribution in [0.4, 0.5) is 5.95 Å². The molecule has 0 N–H and O–H groups in total. The topological polar surface area (TPSA) is 92.9 Å². The number of anilines is 1. The Morgan fingerprint density at radius 2 is 1.68 bits per heavy atom. The molecule has 144 valence electrons. The molecule has 0 saturated carbocycles. The molecule has 1 aliphatic heterocycles. The van der Waals surface area contributed by atoms with Crippen molar-refractivity contribution >= 4 is 11.9 Å². The van der Waals surface area contributed by atoms with Gasteiger partial charge in [0, 0.05) is 43.1 Å². The first-order valence-corrected chi connectivity index (χ1v) is 9.23. The van der Waals surface area contributed by atoms with E-state index in [1.807, 2.05) is 56.0 Å². The van der Waals surface area contributed by atoms with E-state index in [1.165, 1.54) is 0 Å². The SMILES string of the molecule is Cc1cc(C)nc(N2CCN(C(=O)c3cccc(-n4nnnc4C)c3)CC2)n1. The monoisotopic (exact) mass is 378 g/mol. The van der Waals surface area contributed by atoms with Crippen LogP contribution in [-0.4, -0.2) is 67.2 Å². The summed E-state index contributed by atoms with van der Waals surface area (Å²) >= 11 is 0. The Labute approximate surface area is 163 Å². The van der Waals surface area contributed by atoms with E-state index in [4.69, 9.17) is 0 Å². The fraction of sp³-hybridized carbons (Fsp3) is 0.368. The van der Waals surface area contributed by atoms with Gasteiger partial charge in [-0.3, -0.25) is 4.79 Å². The highest BCUT2D eigenvalue weighted by atomic mass is 16.2. The van der Waals surface area contributed by atoms with Gasteiger partial charge in [-0.25, -0.2) is 9.97 Å². The lowest BCUT2D eigenvalue weighted by Crippen LogP contribution is -2.49. The van der Waals surface area contributed by atoms with E-state index >= 15 is 0 Å². The summed E-state index contributed by atoms with van der Waals surface area (Å²) in [6.07, 6.45) is 0. The van der Waals surface area contributed by atoms with Crippen LogP contribution < -0.4 is 4.90 Å². The highest BCUT2D eigenvalue weighted by Gasteiger charge is 2.24. The molecule has 4 rings (SSSR count). The normalized spacial score (nSPS) is 14.4. The van der Waals surface area contributed by atoms with Gasteiger partial charge in [-0.1, -0.05) is 6.07 Å². The van der Waals surface area contributed by atoms with Gasteiger partial charge in [-0.05, 0) is 55.5 Å². The van der Waals surface area contributed by atoms with Gasteiger partial charge in [-0.15, -0.1) is 5.10 Å². The van der Waals surface area contributed by atoms with Gasteiger partial charge in [-0.2, -0.15) is 4.68 Å². The molecule has 0 aliphatic carbocycles. The number of piperazine rings is 1. The Morgan fingerprint density at radius 3 is 2.32 bits per heavy atom. The Balaban J connectivity index is 1.46. The zero-order valence-electron chi connectivity index (χ0n) is 16.2. The molecule has 1 amide bonds. The lowest BCUT2D eigenvalue weighted by Gasteiger charge is -2.35. The standard InChI is InChI=1S/C19H22N8O/c1-13-11-14(2)21-19(20-13)26-9-7-25(8-10-26)18(28)16-5-4-6-17(12-16)27-15(3)22-23-24-27/h4-6,11-12H,7-10H2,1-3H3. The van der Waals surface area contributed by atoms with Crippen molar-refractivity contribution in [1.82, 2.24) is 35.1 Å². The molecule has 3 heterocycles. The maximum Gasteiger partial charge on any atom is 0.254 e. The first kappa shape index (κ1) is 18.0. The fourth-order valence-electron chi connectivity index (χ4n) is 3.38. The van der Waals surface area contributed by atoms with Crippen molar-refractivity contribution in [2.75, 3.05) is 31.1 Å². The van der Waals surface area contributed by atoms with Crippen molar-refractivity contribution in [2.45, 2.75) is 20.8 Å². The Morgan fingerprint density at radius 1 is 0.964 bits per heavy atom. The van der Waals surface area contributed by atoms with Crippen molar-refractivity contribution < 1.29 is 4.79 Å². The molecule has 0 radical (unpaired) electrons. The maximum absolute atomic E-state index is 13.0. The van der Waals surface area contributed by atoms with E-state index in [9.17, 15) is 4.79 Å². The minimum atomic E-state index is 0.00793. The maximum atomic E-state index is 13.0. The molecule has 0 unspecified atom stereocenters. The predicted octanol–water partition coefficient (Wildman–Crippen LogP) is 1.34. The van der Waals surface area contributed by atoms with Gasteiger partial charge < -0.3 is 9.80 Å². The zero-order valence-corrected chi connectivity index (χ0v) is 16.2. The van der Waals surface area contributed by atoms with Crippen LogP contribution in [0.5, 0.6) is 0 Å². The fourth-order valence-corrected chi connectivity index (χ4v) is 3.38. The number of hydrogen-bond donors (Lipinski definition) is 0. The summed E-state index contributed by atoms with van der Waals surface area (Å²) in [4.78, 5) is 26.0. The number of aryl methyl sites for hydroxylation is 3. The second-order valence-electron chi connectivity index (χ2n) is 6.92. The molecular formula is C19H22N8O. The van der Waals surface area contributed by atoms with Crippen molar-refractivity contribution in [3.05, 3.63) is 53.1 Å². The Bertz CT molecular complexity index is 986. The third-order valence-electron chi connectivity index (χ3n) is 4.78. The van der Waals surface area contributed by atoms with E-state index in [0.717, 1.165) is 23.0 Å². The van der Waals surface area contributed by atoms with E-state index < -0.39 is 0 Å².